The number of pyridine rings is 1. The maximum Gasteiger partial charge on any atom is 0.288 e. The highest BCUT2D eigenvalue weighted by molar-refractivity contribution is 6.31. The number of anilines is 1. The lowest BCUT2D eigenvalue weighted by Crippen LogP contribution is -2.45. The second-order valence-electron chi connectivity index (χ2n) is 5.54. The number of carbonyl (C=O) groups is 3. The molecule has 0 unspecified atom stereocenters. The molecule has 1 atom stereocenters. The van der Waals surface area contributed by atoms with Gasteiger partial charge in [-0.3, -0.25) is 30.2 Å². The second-order valence-corrected chi connectivity index (χ2v) is 5.98. The van der Waals surface area contributed by atoms with Crippen molar-refractivity contribution in [3.05, 3.63) is 59.4 Å². The van der Waals surface area contributed by atoms with Gasteiger partial charge < -0.3 is 4.90 Å². The average molecular weight is 359 g/mol. The van der Waals surface area contributed by atoms with E-state index in [0.29, 0.717) is 10.7 Å². The van der Waals surface area contributed by atoms with E-state index < -0.39 is 17.7 Å². The summed E-state index contributed by atoms with van der Waals surface area (Å²) in [7, 11) is 0. The quantitative estimate of drug-likeness (QED) is 0.814. The zero-order valence-electron chi connectivity index (χ0n) is 13.1. The van der Waals surface area contributed by atoms with Gasteiger partial charge in [0.2, 0.25) is 11.8 Å². The Morgan fingerprint density at radius 1 is 1.16 bits per heavy atom. The van der Waals surface area contributed by atoms with Gasteiger partial charge in [-0.25, -0.2) is 0 Å². The van der Waals surface area contributed by atoms with Gasteiger partial charge in [-0.2, -0.15) is 0 Å². The lowest BCUT2D eigenvalue weighted by atomic mass is 10.1. The summed E-state index contributed by atoms with van der Waals surface area (Å²) in [4.78, 5) is 41.7. The van der Waals surface area contributed by atoms with E-state index >= 15 is 0 Å². The Bertz CT molecular complexity index is 813. The molecule has 0 bridgehead atoms. The lowest BCUT2D eigenvalue weighted by molar-refractivity contribution is -0.126. The van der Waals surface area contributed by atoms with Crippen LogP contribution in [0.1, 0.15) is 16.9 Å². The highest BCUT2D eigenvalue weighted by atomic mass is 35.5. The third-order valence-corrected chi connectivity index (χ3v) is 4.05. The second kappa shape index (κ2) is 7.31. The third-order valence-electron chi connectivity index (χ3n) is 3.81. The number of carbonyl (C=O) groups excluding carboxylic acids is 3. The lowest BCUT2D eigenvalue weighted by Gasteiger charge is -2.17. The van der Waals surface area contributed by atoms with E-state index in [1.54, 1.807) is 36.4 Å². The topological polar surface area (TPSA) is 91.4 Å². The monoisotopic (exact) mass is 358 g/mol. The van der Waals surface area contributed by atoms with Crippen molar-refractivity contribution in [3.8, 4) is 0 Å². The molecule has 128 valence electrons. The summed E-state index contributed by atoms with van der Waals surface area (Å²) >= 11 is 5.94. The zero-order valence-corrected chi connectivity index (χ0v) is 13.9. The predicted molar refractivity (Wildman–Crippen MR) is 91.8 cm³/mol. The van der Waals surface area contributed by atoms with Crippen LogP contribution in [0.5, 0.6) is 0 Å². The van der Waals surface area contributed by atoms with Crippen molar-refractivity contribution in [2.75, 3.05) is 11.4 Å². The van der Waals surface area contributed by atoms with Gasteiger partial charge in [0.1, 0.15) is 5.69 Å². The number of nitrogens with one attached hydrogen (secondary N) is 2. The van der Waals surface area contributed by atoms with Crippen LogP contribution in [0, 0.1) is 5.92 Å². The Kier molecular flexibility index (Phi) is 4.95. The number of aromatic nitrogens is 1. The molecule has 0 spiro atoms. The molecule has 2 N–H and O–H groups in total. The summed E-state index contributed by atoms with van der Waals surface area (Å²) in [6.07, 6.45) is 1.55. The summed E-state index contributed by atoms with van der Waals surface area (Å²) in [5.41, 5.74) is 5.48. The van der Waals surface area contributed by atoms with Crippen molar-refractivity contribution in [1.29, 1.82) is 0 Å². The first kappa shape index (κ1) is 16.9. The number of hydrogen-bond acceptors (Lipinski definition) is 4. The van der Waals surface area contributed by atoms with E-state index in [4.69, 9.17) is 11.6 Å². The molecule has 1 aromatic carbocycles. The first-order valence-corrected chi connectivity index (χ1v) is 7.99. The Morgan fingerprint density at radius 3 is 2.72 bits per heavy atom. The van der Waals surface area contributed by atoms with Gasteiger partial charge in [0.05, 0.1) is 5.92 Å². The zero-order chi connectivity index (χ0) is 17.8. The van der Waals surface area contributed by atoms with Gasteiger partial charge in [0.25, 0.3) is 5.91 Å². The third kappa shape index (κ3) is 3.95. The fraction of sp³-hybridized carbons (Fsp3) is 0.176. The Labute approximate surface area is 149 Å². The molecule has 7 nitrogen and oxygen atoms in total. The van der Waals surface area contributed by atoms with E-state index in [9.17, 15) is 14.4 Å². The van der Waals surface area contributed by atoms with E-state index in [-0.39, 0.29) is 24.6 Å². The number of nitrogens with zero attached hydrogens (tertiary/aromatic N) is 2. The number of halogens is 1. The number of hydrogen-bond donors (Lipinski definition) is 2. The molecule has 2 aromatic rings. The van der Waals surface area contributed by atoms with Crippen LogP contribution in [0.25, 0.3) is 0 Å². The van der Waals surface area contributed by atoms with Crippen molar-refractivity contribution >= 4 is 35.0 Å². The van der Waals surface area contributed by atoms with E-state index in [2.05, 4.69) is 15.8 Å². The smallest absolute Gasteiger partial charge is 0.288 e. The Morgan fingerprint density at radius 2 is 2.00 bits per heavy atom. The molecule has 8 heteroatoms. The van der Waals surface area contributed by atoms with Crippen LogP contribution in [0.15, 0.2) is 48.7 Å². The molecule has 3 amide bonds. The average Bonchev–Trinajstić information content (AvgIpc) is 3.02. The Balaban J connectivity index is 1.58. The summed E-state index contributed by atoms with van der Waals surface area (Å²) in [5, 5.41) is 0.515. The van der Waals surface area contributed by atoms with E-state index in [1.165, 1.54) is 17.2 Å². The van der Waals surface area contributed by atoms with Crippen LogP contribution < -0.4 is 15.8 Å². The summed E-state index contributed by atoms with van der Waals surface area (Å²) < 4.78 is 0. The molecule has 3 rings (SSSR count). The van der Waals surface area contributed by atoms with Gasteiger partial charge in [-0.05, 0) is 30.3 Å². The van der Waals surface area contributed by atoms with Crippen molar-refractivity contribution in [2.24, 2.45) is 5.92 Å². The van der Waals surface area contributed by atoms with Crippen molar-refractivity contribution < 1.29 is 14.4 Å². The molecular formula is C17H15ClN4O3. The molecule has 25 heavy (non-hydrogen) atoms. The maximum absolute atomic E-state index is 12.2. The molecule has 0 radical (unpaired) electrons. The van der Waals surface area contributed by atoms with Gasteiger partial charge >= 0.3 is 0 Å². The number of amides is 3. The molecular weight excluding hydrogens is 344 g/mol. The first-order chi connectivity index (χ1) is 12.0. The van der Waals surface area contributed by atoms with Crippen molar-refractivity contribution in [2.45, 2.75) is 6.42 Å². The molecule has 1 aromatic heterocycles. The predicted octanol–water partition coefficient (Wildman–Crippen LogP) is 1.55. The van der Waals surface area contributed by atoms with Crippen LogP contribution in [0.2, 0.25) is 5.02 Å². The van der Waals surface area contributed by atoms with E-state index in [0.717, 1.165) is 0 Å². The molecule has 0 aliphatic carbocycles. The summed E-state index contributed by atoms with van der Waals surface area (Å²) in [6.45, 7) is 0.227. The fourth-order valence-corrected chi connectivity index (χ4v) is 2.74. The normalized spacial score (nSPS) is 16.6. The summed E-state index contributed by atoms with van der Waals surface area (Å²) in [5.74, 6) is -1.68. The van der Waals surface area contributed by atoms with Gasteiger partial charge in [0, 0.05) is 29.9 Å². The molecule has 1 fully saturated rings. The molecule has 1 aliphatic rings. The molecule has 1 aliphatic heterocycles. The number of benzene rings is 1. The first-order valence-electron chi connectivity index (χ1n) is 7.62. The minimum absolute atomic E-state index is 0.0673. The molecule has 1 saturated heterocycles. The van der Waals surface area contributed by atoms with Crippen LogP contribution in [-0.4, -0.2) is 29.3 Å². The molecule has 0 saturated carbocycles. The molecule has 2 heterocycles. The Hall–Kier alpha value is -2.93. The standard InChI is InChI=1S/C17H15ClN4O3/c18-12-4-3-5-13(9-12)22-10-11(8-15(22)23)16(24)20-21-17(25)14-6-1-2-7-19-14/h1-7,9,11H,8,10H2,(H,20,24)(H,21,25)/t11-/m1/s1. The van der Waals surface area contributed by atoms with Gasteiger partial charge in [-0.15, -0.1) is 0 Å². The van der Waals surface area contributed by atoms with Crippen molar-refractivity contribution in [1.82, 2.24) is 15.8 Å². The van der Waals surface area contributed by atoms with Crippen LogP contribution >= 0.6 is 11.6 Å². The van der Waals surface area contributed by atoms with Gasteiger partial charge in [0.15, 0.2) is 0 Å². The number of rotatable bonds is 3. The minimum Gasteiger partial charge on any atom is -0.312 e. The minimum atomic E-state index is -0.560. The number of hydrazine groups is 1. The van der Waals surface area contributed by atoms with Crippen LogP contribution in [-0.2, 0) is 9.59 Å². The highest BCUT2D eigenvalue weighted by Crippen LogP contribution is 2.27. The van der Waals surface area contributed by atoms with Crippen LogP contribution in [0.3, 0.4) is 0 Å². The largest absolute Gasteiger partial charge is 0.312 e. The van der Waals surface area contributed by atoms with Crippen molar-refractivity contribution in [3.63, 3.8) is 0 Å². The summed E-state index contributed by atoms with van der Waals surface area (Å²) in [6, 6.07) is 11.8. The fourth-order valence-electron chi connectivity index (χ4n) is 2.56. The van der Waals surface area contributed by atoms with E-state index in [1.807, 2.05) is 0 Å². The van der Waals surface area contributed by atoms with Crippen LogP contribution in [0.4, 0.5) is 5.69 Å². The SMILES string of the molecule is O=C(NNC(=O)[C@@H]1CC(=O)N(c2cccc(Cl)c2)C1)c1ccccn1. The maximum atomic E-state index is 12.2. The van der Waals surface area contributed by atoms with Gasteiger partial charge in [-0.1, -0.05) is 23.7 Å². The highest BCUT2D eigenvalue weighted by Gasteiger charge is 2.35.